The molecular formula is C14H20N4O3. The van der Waals surface area contributed by atoms with Gasteiger partial charge in [0.05, 0.1) is 17.4 Å². The number of hydrogen-bond donors (Lipinski definition) is 2. The number of aromatic carboxylic acids is 1. The molecule has 1 fully saturated rings. The first kappa shape index (κ1) is 15.2. The van der Waals surface area contributed by atoms with E-state index in [1.807, 2.05) is 14.1 Å². The summed E-state index contributed by atoms with van der Waals surface area (Å²) in [4.78, 5) is 30.9. The van der Waals surface area contributed by atoms with Gasteiger partial charge in [-0.05, 0) is 33.0 Å². The van der Waals surface area contributed by atoms with Crippen molar-refractivity contribution in [3.05, 3.63) is 24.0 Å². The summed E-state index contributed by atoms with van der Waals surface area (Å²) in [6, 6.07) is 1.39. The number of anilines is 1. The molecule has 1 aliphatic heterocycles. The van der Waals surface area contributed by atoms with Crippen molar-refractivity contribution in [2.75, 3.05) is 32.5 Å². The van der Waals surface area contributed by atoms with Gasteiger partial charge in [-0.3, -0.25) is 4.98 Å². The minimum atomic E-state index is -1.06. The average Bonchev–Trinajstić information content (AvgIpc) is 2.86. The van der Waals surface area contributed by atoms with E-state index in [4.69, 9.17) is 5.11 Å². The maximum atomic E-state index is 12.3. The number of carbonyl (C=O) groups excluding carboxylic acids is 1. The molecule has 2 rings (SSSR count). The van der Waals surface area contributed by atoms with E-state index in [-0.39, 0.29) is 17.6 Å². The third-order valence-corrected chi connectivity index (χ3v) is 3.45. The molecule has 114 valence electrons. The first-order valence-corrected chi connectivity index (χ1v) is 6.88. The van der Waals surface area contributed by atoms with Gasteiger partial charge in [-0.25, -0.2) is 9.59 Å². The van der Waals surface area contributed by atoms with Gasteiger partial charge < -0.3 is 20.2 Å². The second-order valence-electron chi connectivity index (χ2n) is 5.45. The maximum absolute atomic E-state index is 12.3. The van der Waals surface area contributed by atoms with Gasteiger partial charge in [0.1, 0.15) is 0 Å². The Bertz CT molecular complexity index is 533. The minimum Gasteiger partial charge on any atom is -0.478 e. The van der Waals surface area contributed by atoms with Gasteiger partial charge in [0.15, 0.2) is 0 Å². The number of likely N-dealkylation sites (N-methyl/N-ethyl adjacent to an activating group) is 1. The van der Waals surface area contributed by atoms with Crippen molar-refractivity contribution in [1.29, 1.82) is 0 Å². The zero-order valence-corrected chi connectivity index (χ0v) is 12.2. The molecule has 2 amide bonds. The Balaban J connectivity index is 2.03. The number of carboxylic acid groups (broad SMARTS) is 1. The zero-order chi connectivity index (χ0) is 15.4. The van der Waals surface area contributed by atoms with Gasteiger partial charge >= 0.3 is 12.0 Å². The predicted molar refractivity (Wildman–Crippen MR) is 78.5 cm³/mol. The topological polar surface area (TPSA) is 85.8 Å². The molecule has 7 heteroatoms. The number of nitrogens with zero attached hydrogens (tertiary/aromatic N) is 3. The van der Waals surface area contributed by atoms with Crippen LogP contribution in [0, 0.1) is 0 Å². The summed E-state index contributed by atoms with van der Waals surface area (Å²) in [6.45, 7) is 1.54. The molecule has 1 aromatic rings. The number of amides is 2. The minimum absolute atomic E-state index is 0.0547. The Morgan fingerprint density at radius 2 is 2.24 bits per heavy atom. The zero-order valence-electron chi connectivity index (χ0n) is 12.2. The molecule has 1 aromatic heterocycles. The molecule has 0 bridgehead atoms. The lowest BCUT2D eigenvalue weighted by atomic mass is 10.2. The maximum Gasteiger partial charge on any atom is 0.337 e. The van der Waals surface area contributed by atoms with Crippen LogP contribution in [0.4, 0.5) is 10.5 Å². The summed E-state index contributed by atoms with van der Waals surface area (Å²) in [7, 11) is 3.96. The van der Waals surface area contributed by atoms with Crippen LogP contribution in [0.5, 0.6) is 0 Å². The lowest BCUT2D eigenvalue weighted by Crippen LogP contribution is -2.43. The van der Waals surface area contributed by atoms with Crippen LogP contribution in [-0.4, -0.2) is 65.1 Å². The fourth-order valence-electron chi connectivity index (χ4n) is 2.53. The van der Waals surface area contributed by atoms with Crippen molar-refractivity contribution in [1.82, 2.24) is 14.8 Å². The number of urea groups is 1. The van der Waals surface area contributed by atoms with E-state index in [0.29, 0.717) is 5.69 Å². The van der Waals surface area contributed by atoms with Crippen LogP contribution in [0.1, 0.15) is 23.2 Å². The van der Waals surface area contributed by atoms with Gasteiger partial charge in [-0.15, -0.1) is 0 Å². The fourth-order valence-corrected chi connectivity index (χ4v) is 2.53. The highest BCUT2D eigenvalue weighted by atomic mass is 16.4. The first-order valence-electron chi connectivity index (χ1n) is 6.88. The molecular weight excluding hydrogens is 272 g/mol. The van der Waals surface area contributed by atoms with Crippen LogP contribution in [0.25, 0.3) is 0 Å². The summed E-state index contributed by atoms with van der Waals surface area (Å²) in [5.74, 6) is -1.06. The van der Waals surface area contributed by atoms with Crippen LogP contribution in [0.2, 0.25) is 0 Å². The second kappa shape index (κ2) is 6.53. The highest BCUT2D eigenvalue weighted by molar-refractivity contribution is 5.92. The number of hydrogen-bond acceptors (Lipinski definition) is 4. The molecule has 1 atom stereocenters. The number of aromatic nitrogens is 1. The van der Waals surface area contributed by atoms with Crippen LogP contribution in [-0.2, 0) is 0 Å². The van der Waals surface area contributed by atoms with Gasteiger partial charge in [-0.1, -0.05) is 0 Å². The summed E-state index contributed by atoms with van der Waals surface area (Å²) >= 11 is 0. The van der Waals surface area contributed by atoms with Crippen LogP contribution >= 0.6 is 0 Å². The summed E-state index contributed by atoms with van der Waals surface area (Å²) in [5.41, 5.74) is 0.453. The predicted octanol–water partition coefficient (Wildman–Crippen LogP) is 1.34. The van der Waals surface area contributed by atoms with E-state index in [1.165, 1.54) is 18.5 Å². The average molecular weight is 292 g/mol. The molecule has 2 N–H and O–H groups in total. The monoisotopic (exact) mass is 292 g/mol. The van der Waals surface area contributed by atoms with Crippen molar-refractivity contribution >= 4 is 17.7 Å². The summed E-state index contributed by atoms with van der Waals surface area (Å²) < 4.78 is 0. The molecule has 0 aromatic carbocycles. The molecule has 21 heavy (non-hydrogen) atoms. The van der Waals surface area contributed by atoms with Crippen molar-refractivity contribution in [3.63, 3.8) is 0 Å². The molecule has 7 nitrogen and oxygen atoms in total. The molecule has 1 aliphatic rings. The van der Waals surface area contributed by atoms with Gasteiger partial charge in [0.25, 0.3) is 0 Å². The molecule has 0 saturated carbocycles. The number of rotatable bonds is 4. The normalized spacial score (nSPS) is 18.0. The van der Waals surface area contributed by atoms with Crippen molar-refractivity contribution < 1.29 is 14.7 Å². The lowest BCUT2D eigenvalue weighted by molar-refractivity contribution is 0.0696. The number of pyridine rings is 1. The molecule has 1 saturated heterocycles. The second-order valence-corrected chi connectivity index (χ2v) is 5.45. The lowest BCUT2D eigenvalue weighted by Gasteiger charge is -2.27. The number of carboxylic acids is 1. The molecule has 2 heterocycles. The number of carbonyl (C=O) groups is 2. The smallest absolute Gasteiger partial charge is 0.337 e. The fraction of sp³-hybridized carbons (Fsp3) is 0.500. The van der Waals surface area contributed by atoms with Crippen molar-refractivity contribution in [2.45, 2.75) is 18.9 Å². The quantitative estimate of drug-likeness (QED) is 0.874. The van der Waals surface area contributed by atoms with E-state index >= 15 is 0 Å². The van der Waals surface area contributed by atoms with E-state index in [2.05, 4.69) is 15.2 Å². The highest BCUT2D eigenvalue weighted by Crippen LogP contribution is 2.19. The Morgan fingerprint density at radius 3 is 2.90 bits per heavy atom. The third-order valence-electron chi connectivity index (χ3n) is 3.45. The molecule has 1 unspecified atom stereocenters. The van der Waals surface area contributed by atoms with Gasteiger partial charge in [0.2, 0.25) is 0 Å². The standard InChI is InChI=1S/C14H20N4O3/c1-17(2)9-12-4-3-5-18(12)14(21)16-11-6-10(13(19)20)7-15-8-11/h6-8,12H,3-5,9H2,1-2H3,(H,16,21)(H,19,20). The summed E-state index contributed by atoms with van der Waals surface area (Å²) in [6.07, 6.45) is 4.67. The largest absolute Gasteiger partial charge is 0.478 e. The molecule has 0 aliphatic carbocycles. The Labute approximate surface area is 123 Å². The number of nitrogens with one attached hydrogen (secondary N) is 1. The molecule has 0 spiro atoms. The van der Waals surface area contributed by atoms with Crippen molar-refractivity contribution in [2.24, 2.45) is 0 Å². The Hall–Kier alpha value is -2.15. The third kappa shape index (κ3) is 3.91. The SMILES string of the molecule is CN(C)CC1CCCN1C(=O)Nc1cncc(C(=O)O)c1. The van der Waals surface area contributed by atoms with Crippen LogP contribution in [0.3, 0.4) is 0 Å². The van der Waals surface area contributed by atoms with Crippen molar-refractivity contribution in [3.8, 4) is 0 Å². The summed E-state index contributed by atoms with van der Waals surface area (Å²) in [5, 5.41) is 11.7. The highest BCUT2D eigenvalue weighted by Gasteiger charge is 2.29. The van der Waals surface area contributed by atoms with E-state index in [9.17, 15) is 9.59 Å². The van der Waals surface area contributed by atoms with E-state index < -0.39 is 5.97 Å². The number of likely N-dealkylation sites (tertiary alicyclic amines) is 1. The van der Waals surface area contributed by atoms with Crippen LogP contribution in [0.15, 0.2) is 18.5 Å². The van der Waals surface area contributed by atoms with E-state index in [0.717, 1.165) is 25.9 Å². The van der Waals surface area contributed by atoms with E-state index in [1.54, 1.807) is 4.90 Å². The Kier molecular flexibility index (Phi) is 4.74. The Morgan fingerprint density at radius 1 is 1.48 bits per heavy atom. The van der Waals surface area contributed by atoms with Crippen LogP contribution < -0.4 is 5.32 Å². The first-order chi connectivity index (χ1) is 9.97. The molecule has 0 radical (unpaired) electrons. The van der Waals surface area contributed by atoms with Gasteiger partial charge in [0, 0.05) is 25.3 Å². The van der Waals surface area contributed by atoms with Gasteiger partial charge in [-0.2, -0.15) is 0 Å².